The van der Waals surface area contributed by atoms with E-state index in [-0.39, 0.29) is 0 Å². The smallest absolute Gasteiger partial charge is 0.249 e. The molecule has 0 aliphatic rings. The third-order valence-corrected chi connectivity index (χ3v) is 3.63. The minimum absolute atomic E-state index is 0.343. The summed E-state index contributed by atoms with van der Waals surface area (Å²) in [5, 5.41) is 15.2. The molecule has 24 heavy (non-hydrogen) atoms. The van der Waals surface area contributed by atoms with Gasteiger partial charge in [0.1, 0.15) is 5.75 Å². The molecule has 0 fully saturated rings. The highest BCUT2D eigenvalue weighted by Gasteiger charge is 2.05. The van der Waals surface area contributed by atoms with Gasteiger partial charge in [-0.25, -0.2) is 0 Å². The van der Waals surface area contributed by atoms with Crippen LogP contribution in [0.3, 0.4) is 0 Å². The molecular formula is C16H13Cl2N5O. The summed E-state index contributed by atoms with van der Waals surface area (Å²) in [4.78, 5) is 4.35. The summed E-state index contributed by atoms with van der Waals surface area (Å²) in [7, 11) is 1.56. The summed E-state index contributed by atoms with van der Waals surface area (Å²) in [6, 6.07) is 12.6. The van der Waals surface area contributed by atoms with Gasteiger partial charge in [0.05, 0.1) is 18.3 Å². The van der Waals surface area contributed by atoms with Gasteiger partial charge in [-0.15, -0.1) is 5.10 Å². The van der Waals surface area contributed by atoms with E-state index in [0.717, 1.165) is 11.4 Å². The molecule has 0 saturated heterocycles. The largest absolute Gasteiger partial charge is 0.495 e. The maximum atomic E-state index is 6.10. The van der Waals surface area contributed by atoms with Crippen LogP contribution < -0.4 is 15.4 Å². The van der Waals surface area contributed by atoms with Crippen LogP contribution in [-0.4, -0.2) is 22.3 Å². The van der Waals surface area contributed by atoms with E-state index in [1.165, 1.54) is 6.20 Å². The van der Waals surface area contributed by atoms with Crippen LogP contribution in [0.25, 0.3) is 0 Å². The van der Waals surface area contributed by atoms with E-state index >= 15 is 0 Å². The zero-order chi connectivity index (χ0) is 16.9. The van der Waals surface area contributed by atoms with Crippen LogP contribution in [0.2, 0.25) is 10.0 Å². The fourth-order valence-corrected chi connectivity index (χ4v) is 2.35. The Labute approximate surface area is 148 Å². The molecule has 0 spiro atoms. The van der Waals surface area contributed by atoms with Gasteiger partial charge >= 0.3 is 0 Å². The molecule has 6 nitrogen and oxygen atoms in total. The van der Waals surface area contributed by atoms with Crippen LogP contribution in [0.15, 0.2) is 48.7 Å². The molecule has 2 aromatic carbocycles. The fourth-order valence-electron chi connectivity index (χ4n) is 1.97. The first-order chi connectivity index (χ1) is 11.6. The molecule has 1 aromatic heterocycles. The van der Waals surface area contributed by atoms with Crippen LogP contribution in [0.1, 0.15) is 0 Å². The third-order valence-electron chi connectivity index (χ3n) is 3.08. The second-order valence-electron chi connectivity index (χ2n) is 4.77. The van der Waals surface area contributed by atoms with Crippen molar-refractivity contribution in [2.75, 3.05) is 17.7 Å². The Morgan fingerprint density at radius 1 is 0.958 bits per heavy atom. The van der Waals surface area contributed by atoms with E-state index < -0.39 is 0 Å². The van der Waals surface area contributed by atoms with E-state index in [4.69, 9.17) is 27.9 Å². The molecule has 0 atom stereocenters. The lowest BCUT2D eigenvalue weighted by atomic mass is 10.3. The lowest BCUT2D eigenvalue weighted by Crippen LogP contribution is -2.02. The van der Waals surface area contributed by atoms with Gasteiger partial charge in [0.25, 0.3) is 0 Å². The first-order valence-electron chi connectivity index (χ1n) is 6.97. The first-order valence-corrected chi connectivity index (χ1v) is 7.72. The molecule has 3 aromatic rings. The van der Waals surface area contributed by atoms with Gasteiger partial charge in [-0.1, -0.05) is 23.2 Å². The van der Waals surface area contributed by atoms with Crippen LogP contribution in [0.5, 0.6) is 5.75 Å². The van der Waals surface area contributed by atoms with Crippen molar-refractivity contribution in [2.24, 2.45) is 0 Å². The highest BCUT2D eigenvalue weighted by Crippen LogP contribution is 2.28. The SMILES string of the molecule is COc1ccc(Nc2nncc(Nc3ccc(Cl)cc3)n2)cc1Cl. The number of aromatic nitrogens is 3. The predicted molar refractivity (Wildman–Crippen MR) is 95.8 cm³/mol. The minimum atomic E-state index is 0.343. The predicted octanol–water partition coefficient (Wildman–Crippen LogP) is 4.67. The topological polar surface area (TPSA) is 72.0 Å². The van der Waals surface area contributed by atoms with Gasteiger partial charge < -0.3 is 15.4 Å². The number of halogens is 2. The molecule has 0 aliphatic carbocycles. The normalized spacial score (nSPS) is 10.3. The molecule has 0 amide bonds. The van der Waals surface area contributed by atoms with Gasteiger partial charge in [-0.3, -0.25) is 0 Å². The standard InChI is InChI=1S/C16H13Cl2N5O/c1-24-14-7-6-12(8-13(14)18)21-16-22-15(9-19-23-16)20-11-4-2-10(17)3-5-11/h2-9H,1H3,(H2,20,21,22,23). The van der Waals surface area contributed by atoms with Crippen LogP contribution in [0.4, 0.5) is 23.1 Å². The molecule has 0 aliphatic heterocycles. The van der Waals surface area contributed by atoms with Gasteiger partial charge in [0.2, 0.25) is 5.95 Å². The van der Waals surface area contributed by atoms with Gasteiger partial charge in [-0.2, -0.15) is 10.1 Å². The number of methoxy groups -OCH3 is 1. The molecule has 1 heterocycles. The summed E-state index contributed by atoms with van der Waals surface area (Å²) < 4.78 is 5.12. The van der Waals surface area contributed by atoms with Gasteiger partial charge in [-0.05, 0) is 42.5 Å². The Morgan fingerprint density at radius 2 is 1.71 bits per heavy atom. The lowest BCUT2D eigenvalue weighted by Gasteiger charge is -2.09. The highest BCUT2D eigenvalue weighted by molar-refractivity contribution is 6.32. The quantitative estimate of drug-likeness (QED) is 0.687. The number of hydrogen-bond donors (Lipinski definition) is 2. The molecule has 0 unspecified atom stereocenters. The van der Waals surface area contributed by atoms with Crippen molar-refractivity contribution in [3.8, 4) is 5.75 Å². The van der Waals surface area contributed by atoms with E-state index in [0.29, 0.717) is 27.6 Å². The molecule has 0 saturated carbocycles. The third kappa shape index (κ3) is 4.04. The fraction of sp³-hybridized carbons (Fsp3) is 0.0625. The number of ether oxygens (including phenoxy) is 1. The van der Waals surface area contributed by atoms with Crippen molar-refractivity contribution >= 4 is 46.3 Å². The van der Waals surface area contributed by atoms with E-state index in [2.05, 4.69) is 25.8 Å². The average molecular weight is 362 g/mol. The Hall–Kier alpha value is -2.57. The molecule has 0 bridgehead atoms. The van der Waals surface area contributed by atoms with E-state index in [9.17, 15) is 0 Å². The molecule has 122 valence electrons. The Morgan fingerprint density at radius 3 is 2.42 bits per heavy atom. The Balaban J connectivity index is 1.75. The maximum Gasteiger partial charge on any atom is 0.249 e. The van der Waals surface area contributed by atoms with Gasteiger partial charge in [0.15, 0.2) is 5.82 Å². The molecule has 2 N–H and O–H groups in total. The van der Waals surface area contributed by atoms with Crippen molar-refractivity contribution in [1.82, 2.24) is 15.2 Å². The summed E-state index contributed by atoms with van der Waals surface area (Å²) in [6.45, 7) is 0. The number of rotatable bonds is 5. The number of anilines is 4. The number of nitrogens with one attached hydrogen (secondary N) is 2. The minimum Gasteiger partial charge on any atom is -0.495 e. The number of hydrogen-bond acceptors (Lipinski definition) is 6. The van der Waals surface area contributed by atoms with Crippen LogP contribution in [0, 0.1) is 0 Å². The zero-order valence-electron chi connectivity index (χ0n) is 12.6. The second-order valence-corrected chi connectivity index (χ2v) is 5.62. The first kappa shape index (κ1) is 16.3. The van der Waals surface area contributed by atoms with Crippen molar-refractivity contribution in [3.05, 3.63) is 58.7 Å². The second kappa shape index (κ2) is 7.33. The molecule has 3 rings (SSSR count). The monoisotopic (exact) mass is 361 g/mol. The summed E-state index contributed by atoms with van der Waals surface area (Å²) in [5.41, 5.74) is 1.57. The molecular weight excluding hydrogens is 349 g/mol. The van der Waals surface area contributed by atoms with E-state index in [1.807, 2.05) is 18.2 Å². The van der Waals surface area contributed by atoms with Crippen molar-refractivity contribution in [2.45, 2.75) is 0 Å². The van der Waals surface area contributed by atoms with Crippen molar-refractivity contribution in [1.29, 1.82) is 0 Å². The summed E-state index contributed by atoms with van der Waals surface area (Å²) in [6.07, 6.45) is 1.53. The maximum absolute atomic E-state index is 6.10. The van der Waals surface area contributed by atoms with Crippen molar-refractivity contribution < 1.29 is 4.74 Å². The van der Waals surface area contributed by atoms with Crippen LogP contribution in [-0.2, 0) is 0 Å². The van der Waals surface area contributed by atoms with Crippen molar-refractivity contribution in [3.63, 3.8) is 0 Å². The number of nitrogens with zero attached hydrogens (tertiary/aromatic N) is 3. The lowest BCUT2D eigenvalue weighted by molar-refractivity contribution is 0.415. The highest BCUT2D eigenvalue weighted by atomic mass is 35.5. The zero-order valence-corrected chi connectivity index (χ0v) is 14.1. The average Bonchev–Trinajstić information content (AvgIpc) is 2.58. The van der Waals surface area contributed by atoms with Crippen LogP contribution >= 0.6 is 23.2 Å². The summed E-state index contributed by atoms with van der Waals surface area (Å²) >= 11 is 12.0. The van der Waals surface area contributed by atoms with Gasteiger partial charge in [0, 0.05) is 16.4 Å². The van der Waals surface area contributed by atoms with E-state index in [1.54, 1.807) is 31.4 Å². The Kier molecular flexibility index (Phi) is 4.98. The molecule has 8 heteroatoms. The summed E-state index contributed by atoms with van der Waals surface area (Å²) in [5.74, 6) is 1.49. The Bertz CT molecular complexity index is 842. The number of benzene rings is 2. The molecule has 0 radical (unpaired) electrons.